The van der Waals surface area contributed by atoms with Gasteiger partial charge in [-0.1, -0.05) is 23.5 Å². The van der Waals surface area contributed by atoms with Crippen LogP contribution in [0.1, 0.15) is 34.3 Å². The molecule has 9 heteroatoms. The summed E-state index contributed by atoms with van der Waals surface area (Å²) < 4.78 is 19.4. The largest absolute Gasteiger partial charge is 0.463 e. The summed E-state index contributed by atoms with van der Waals surface area (Å²) in [4.78, 5) is 14.8. The molecule has 0 aliphatic carbocycles. The Hall–Kier alpha value is -3.33. The zero-order valence-electron chi connectivity index (χ0n) is 15.9. The van der Waals surface area contributed by atoms with Crippen LogP contribution in [0, 0.1) is 5.82 Å². The van der Waals surface area contributed by atoms with Gasteiger partial charge in [-0.2, -0.15) is 5.10 Å². The molecule has 0 unspecified atom stereocenters. The van der Waals surface area contributed by atoms with E-state index < -0.39 is 0 Å². The van der Waals surface area contributed by atoms with Crippen LogP contribution in [-0.2, 0) is 0 Å². The predicted octanol–water partition coefficient (Wildman–Crippen LogP) is 4.35. The Morgan fingerprint density at radius 2 is 2.13 bits per heavy atom. The summed E-state index contributed by atoms with van der Waals surface area (Å²) in [6.45, 7) is 1.20. The van der Waals surface area contributed by atoms with Gasteiger partial charge in [0.15, 0.2) is 16.5 Å². The maximum absolute atomic E-state index is 14.1. The minimum Gasteiger partial charge on any atom is -0.463 e. The van der Waals surface area contributed by atoms with Gasteiger partial charge < -0.3 is 9.32 Å². The van der Waals surface area contributed by atoms with Crippen LogP contribution in [-0.4, -0.2) is 44.3 Å². The van der Waals surface area contributed by atoms with Crippen LogP contribution >= 0.6 is 11.3 Å². The fourth-order valence-electron chi connectivity index (χ4n) is 3.66. The number of carbonyl (C=O) groups excluding carboxylic acids is 1. The summed E-state index contributed by atoms with van der Waals surface area (Å²) in [6, 6.07) is 11.8. The van der Waals surface area contributed by atoms with Gasteiger partial charge in [0.2, 0.25) is 0 Å². The number of nitrogens with zero attached hydrogens (tertiary/aromatic N) is 4. The Morgan fingerprint density at radius 1 is 1.23 bits per heavy atom. The normalized spacial score (nSPS) is 16.7. The molecule has 1 amide bonds. The Bertz CT molecular complexity index is 1170. The van der Waals surface area contributed by atoms with Gasteiger partial charge in [-0.25, -0.2) is 4.39 Å². The molecule has 1 aliphatic rings. The first-order chi connectivity index (χ1) is 14.7. The van der Waals surface area contributed by atoms with Gasteiger partial charge in [-0.05, 0) is 37.1 Å². The summed E-state index contributed by atoms with van der Waals surface area (Å²) in [7, 11) is 0. The van der Waals surface area contributed by atoms with Gasteiger partial charge in [-0.3, -0.25) is 9.89 Å². The lowest BCUT2D eigenvalue weighted by atomic mass is 9.98. The zero-order valence-corrected chi connectivity index (χ0v) is 16.7. The number of benzene rings is 1. The van der Waals surface area contributed by atoms with Crippen molar-refractivity contribution in [1.82, 2.24) is 25.3 Å². The SMILES string of the molecule is O=C(c1cc(-c2ccco2)[nH]n1)N1CCC[C@@H](c2nnc(-c3ccccc3F)s2)C1. The van der Waals surface area contributed by atoms with E-state index in [9.17, 15) is 9.18 Å². The number of furan rings is 1. The fourth-order valence-corrected chi connectivity index (χ4v) is 4.65. The molecule has 1 aliphatic heterocycles. The van der Waals surface area contributed by atoms with Gasteiger partial charge in [0.25, 0.3) is 5.91 Å². The first kappa shape index (κ1) is 18.7. The molecule has 1 atom stereocenters. The number of halogens is 1. The lowest BCUT2D eigenvalue weighted by Crippen LogP contribution is -2.39. The molecule has 0 saturated carbocycles. The van der Waals surface area contributed by atoms with E-state index in [1.165, 1.54) is 17.4 Å². The minimum absolute atomic E-state index is 0.0733. The highest BCUT2D eigenvalue weighted by Gasteiger charge is 2.29. The van der Waals surface area contributed by atoms with E-state index in [1.54, 1.807) is 47.6 Å². The zero-order chi connectivity index (χ0) is 20.5. The van der Waals surface area contributed by atoms with Crippen LogP contribution in [0.3, 0.4) is 0 Å². The molecule has 0 spiro atoms. The maximum atomic E-state index is 14.1. The number of hydrogen-bond donors (Lipinski definition) is 1. The molecular weight excluding hydrogens is 405 g/mol. The van der Waals surface area contributed by atoms with Gasteiger partial charge in [0.05, 0.1) is 6.26 Å². The highest BCUT2D eigenvalue weighted by atomic mass is 32.1. The number of aromatic amines is 1. The number of piperidine rings is 1. The van der Waals surface area contributed by atoms with Crippen LogP contribution in [0.15, 0.2) is 53.1 Å². The van der Waals surface area contributed by atoms with Gasteiger partial charge >= 0.3 is 0 Å². The highest BCUT2D eigenvalue weighted by molar-refractivity contribution is 7.14. The van der Waals surface area contributed by atoms with Crippen LogP contribution in [0.2, 0.25) is 0 Å². The number of H-pyrrole nitrogens is 1. The first-order valence-corrected chi connectivity index (χ1v) is 10.5. The number of hydrogen-bond acceptors (Lipinski definition) is 6. The van der Waals surface area contributed by atoms with Crippen molar-refractivity contribution in [2.24, 2.45) is 0 Å². The number of rotatable bonds is 4. The van der Waals surface area contributed by atoms with E-state index >= 15 is 0 Å². The third kappa shape index (κ3) is 3.52. The van der Waals surface area contributed by atoms with E-state index in [-0.39, 0.29) is 17.6 Å². The van der Waals surface area contributed by atoms with Crippen molar-refractivity contribution >= 4 is 17.2 Å². The quantitative estimate of drug-likeness (QED) is 0.527. The van der Waals surface area contributed by atoms with E-state index in [0.717, 1.165) is 17.8 Å². The molecule has 4 heterocycles. The van der Waals surface area contributed by atoms with Crippen molar-refractivity contribution in [2.75, 3.05) is 13.1 Å². The maximum Gasteiger partial charge on any atom is 0.274 e. The minimum atomic E-state index is -0.313. The third-order valence-electron chi connectivity index (χ3n) is 5.19. The second-order valence-electron chi connectivity index (χ2n) is 7.16. The Morgan fingerprint density at radius 3 is 2.97 bits per heavy atom. The monoisotopic (exact) mass is 423 g/mol. The molecule has 152 valence electrons. The second-order valence-corrected chi connectivity index (χ2v) is 8.17. The molecule has 1 aromatic carbocycles. The van der Waals surface area contributed by atoms with Gasteiger partial charge in [0, 0.05) is 30.6 Å². The number of carbonyl (C=O) groups is 1. The lowest BCUT2D eigenvalue weighted by molar-refractivity contribution is 0.0701. The van der Waals surface area contributed by atoms with Crippen molar-refractivity contribution in [3.63, 3.8) is 0 Å². The second kappa shape index (κ2) is 7.83. The Labute approximate surface area is 175 Å². The molecule has 0 bridgehead atoms. The molecule has 5 rings (SSSR count). The van der Waals surface area contributed by atoms with Gasteiger partial charge in [-0.15, -0.1) is 10.2 Å². The Kier molecular flexibility index (Phi) is 4.88. The molecule has 1 N–H and O–H groups in total. The number of amides is 1. The highest BCUT2D eigenvalue weighted by Crippen LogP contribution is 2.34. The average molecular weight is 423 g/mol. The van der Waals surface area contributed by atoms with Crippen LogP contribution in [0.5, 0.6) is 0 Å². The van der Waals surface area contributed by atoms with Crippen molar-refractivity contribution in [1.29, 1.82) is 0 Å². The van der Waals surface area contributed by atoms with Crippen molar-refractivity contribution < 1.29 is 13.6 Å². The molecule has 30 heavy (non-hydrogen) atoms. The van der Waals surface area contributed by atoms with E-state index in [0.29, 0.717) is 40.8 Å². The molecule has 0 radical (unpaired) electrons. The molecular formula is C21H18FN5O2S. The smallest absolute Gasteiger partial charge is 0.274 e. The number of nitrogens with one attached hydrogen (secondary N) is 1. The lowest BCUT2D eigenvalue weighted by Gasteiger charge is -2.31. The molecule has 1 saturated heterocycles. The average Bonchev–Trinajstić information content (AvgIpc) is 3.55. The number of likely N-dealkylation sites (tertiary alicyclic amines) is 1. The fraction of sp³-hybridized carbons (Fsp3) is 0.238. The summed E-state index contributed by atoms with van der Waals surface area (Å²) in [5.74, 6) is 0.260. The van der Waals surface area contributed by atoms with E-state index in [2.05, 4.69) is 20.4 Å². The topological polar surface area (TPSA) is 87.9 Å². The van der Waals surface area contributed by atoms with Crippen molar-refractivity contribution in [3.05, 3.63) is 65.2 Å². The third-order valence-corrected chi connectivity index (χ3v) is 6.31. The Balaban J connectivity index is 1.32. The van der Waals surface area contributed by atoms with Crippen molar-refractivity contribution in [2.45, 2.75) is 18.8 Å². The standard InChI is InChI=1S/C21H18FN5O2S/c22-15-7-2-1-6-14(15)20-26-25-19(30-20)13-5-3-9-27(12-13)21(28)17-11-16(23-24-17)18-8-4-10-29-18/h1-2,4,6-8,10-11,13H,3,5,9,12H2,(H,23,24)/t13-/m1/s1. The van der Waals surface area contributed by atoms with E-state index in [1.807, 2.05) is 0 Å². The van der Waals surface area contributed by atoms with Gasteiger partial charge in [0.1, 0.15) is 16.5 Å². The summed E-state index contributed by atoms with van der Waals surface area (Å²) >= 11 is 1.38. The summed E-state index contributed by atoms with van der Waals surface area (Å²) in [5.41, 5.74) is 1.47. The molecule has 4 aromatic rings. The van der Waals surface area contributed by atoms with Crippen LogP contribution in [0.25, 0.3) is 22.0 Å². The van der Waals surface area contributed by atoms with Crippen LogP contribution < -0.4 is 0 Å². The summed E-state index contributed by atoms with van der Waals surface area (Å²) in [5, 5.41) is 16.9. The van der Waals surface area contributed by atoms with Crippen molar-refractivity contribution in [3.8, 4) is 22.0 Å². The molecule has 3 aromatic heterocycles. The number of aromatic nitrogens is 4. The van der Waals surface area contributed by atoms with Crippen LogP contribution in [0.4, 0.5) is 4.39 Å². The first-order valence-electron chi connectivity index (χ1n) is 9.66. The predicted molar refractivity (Wildman–Crippen MR) is 109 cm³/mol. The van der Waals surface area contributed by atoms with E-state index in [4.69, 9.17) is 4.42 Å². The molecule has 7 nitrogen and oxygen atoms in total. The summed E-state index contributed by atoms with van der Waals surface area (Å²) in [6.07, 6.45) is 3.35. The molecule has 1 fully saturated rings.